The number of hydrogen-bond donors (Lipinski definition) is 0. The second-order valence-electron chi connectivity index (χ2n) is 4.57. The number of nitriles is 2. The number of rotatable bonds is 2. The monoisotopic (exact) mass is 240 g/mol. The van der Waals surface area contributed by atoms with Crippen LogP contribution in [-0.4, -0.2) is 37.6 Å². The molecule has 0 radical (unpaired) electrons. The van der Waals surface area contributed by atoms with Crippen molar-refractivity contribution < 1.29 is 0 Å². The molecule has 92 valence electrons. The third-order valence-corrected chi connectivity index (χ3v) is 3.47. The van der Waals surface area contributed by atoms with Gasteiger partial charge >= 0.3 is 0 Å². The van der Waals surface area contributed by atoms with Gasteiger partial charge in [-0.25, -0.2) is 0 Å². The molecule has 1 aromatic rings. The van der Waals surface area contributed by atoms with Gasteiger partial charge in [0.1, 0.15) is 6.07 Å². The van der Waals surface area contributed by atoms with Crippen molar-refractivity contribution in [1.82, 2.24) is 4.90 Å². The summed E-state index contributed by atoms with van der Waals surface area (Å²) in [4.78, 5) is 4.43. The minimum absolute atomic E-state index is 0.246. The molecular weight excluding hydrogens is 224 g/mol. The van der Waals surface area contributed by atoms with Gasteiger partial charge in [0.2, 0.25) is 0 Å². The fourth-order valence-corrected chi connectivity index (χ4v) is 2.33. The molecule has 0 bridgehead atoms. The first-order chi connectivity index (χ1) is 8.76. The molecule has 4 nitrogen and oxygen atoms in total. The van der Waals surface area contributed by atoms with Crippen LogP contribution in [0.15, 0.2) is 24.3 Å². The maximum Gasteiger partial charge on any atom is 0.101 e. The molecule has 0 saturated carbocycles. The van der Waals surface area contributed by atoms with Crippen molar-refractivity contribution in [1.29, 1.82) is 10.5 Å². The predicted molar refractivity (Wildman–Crippen MR) is 70.0 cm³/mol. The Morgan fingerprint density at radius 2 is 2.06 bits per heavy atom. The fourth-order valence-electron chi connectivity index (χ4n) is 2.33. The molecule has 0 aromatic heterocycles. The predicted octanol–water partition coefficient (Wildman–Crippen LogP) is 1.59. The van der Waals surface area contributed by atoms with Crippen molar-refractivity contribution in [3.05, 3.63) is 29.8 Å². The normalized spacial score (nSPS) is 20.2. The number of likely N-dealkylation sites (N-methyl/N-ethyl adjacent to an activating group) is 1. The SMILES string of the molecule is CN1CCN(c2ccccc2C#N)CC1CC#N. The van der Waals surface area contributed by atoms with E-state index in [1.165, 1.54) is 0 Å². The molecule has 1 aliphatic heterocycles. The molecule has 1 aliphatic rings. The lowest BCUT2D eigenvalue weighted by Crippen LogP contribution is -2.51. The highest BCUT2D eigenvalue weighted by Crippen LogP contribution is 2.23. The Balaban J connectivity index is 2.20. The van der Waals surface area contributed by atoms with E-state index in [1.54, 1.807) is 0 Å². The first-order valence-electron chi connectivity index (χ1n) is 6.07. The molecule has 0 N–H and O–H groups in total. The number of piperazine rings is 1. The van der Waals surface area contributed by atoms with Crippen molar-refractivity contribution >= 4 is 5.69 Å². The zero-order chi connectivity index (χ0) is 13.0. The summed E-state index contributed by atoms with van der Waals surface area (Å²) in [6.07, 6.45) is 0.529. The first kappa shape index (κ1) is 12.4. The largest absolute Gasteiger partial charge is 0.368 e. The van der Waals surface area contributed by atoms with Gasteiger partial charge in [-0.15, -0.1) is 0 Å². The molecular formula is C14H16N4. The number of hydrogen-bond acceptors (Lipinski definition) is 4. The maximum absolute atomic E-state index is 9.13. The fraction of sp³-hybridized carbons (Fsp3) is 0.429. The Kier molecular flexibility index (Phi) is 3.82. The van der Waals surface area contributed by atoms with Crippen LogP contribution in [0.4, 0.5) is 5.69 Å². The van der Waals surface area contributed by atoms with E-state index in [9.17, 15) is 0 Å². The van der Waals surface area contributed by atoms with E-state index in [2.05, 4.69) is 29.0 Å². The molecule has 1 saturated heterocycles. The van der Waals surface area contributed by atoms with E-state index in [-0.39, 0.29) is 6.04 Å². The first-order valence-corrected chi connectivity index (χ1v) is 6.07. The van der Waals surface area contributed by atoms with Crippen molar-refractivity contribution in [2.45, 2.75) is 12.5 Å². The van der Waals surface area contributed by atoms with Crippen LogP contribution in [0.5, 0.6) is 0 Å². The van der Waals surface area contributed by atoms with Gasteiger partial charge in [-0.05, 0) is 19.2 Å². The second-order valence-corrected chi connectivity index (χ2v) is 4.57. The molecule has 1 fully saturated rings. The van der Waals surface area contributed by atoms with Gasteiger partial charge < -0.3 is 4.90 Å². The summed E-state index contributed by atoms with van der Waals surface area (Å²) < 4.78 is 0. The Bertz CT molecular complexity index is 497. The van der Waals surface area contributed by atoms with Gasteiger partial charge in [0.25, 0.3) is 0 Å². The van der Waals surface area contributed by atoms with Crippen molar-refractivity contribution in [2.24, 2.45) is 0 Å². The van der Waals surface area contributed by atoms with Gasteiger partial charge in [0.05, 0.1) is 23.7 Å². The molecule has 0 aliphatic carbocycles. The van der Waals surface area contributed by atoms with Crippen LogP contribution in [0.25, 0.3) is 0 Å². The maximum atomic E-state index is 9.13. The van der Waals surface area contributed by atoms with Gasteiger partial charge in [-0.1, -0.05) is 12.1 Å². The summed E-state index contributed by atoms with van der Waals surface area (Å²) in [5, 5.41) is 18.0. The molecule has 1 aromatic carbocycles. The Morgan fingerprint density at radius 1 is 1.28 bits per heavy atom. The van der Waals surface area contributed by atoms with E-state index in [0.29, 0.717) is 12.0 Å². The minimum Gasteiger partial charge on any atom is -0.368 e. The summed E-state index contributed by atoms with van der Waals surface area (Å²) in [5.41, 5.74) is 1.69. The average Bonchev–Trinajstić information content (AvgIpc) is 2.41. The van der Waals surface area contributed by atoms with Crippen LogP contribution in [0.3, 0.4) is 0 Å². The topological polar surface area (TPSA) is 54.1 Å². The molecule has 2 rings (SSSR count). The zero-order valence-electron chi connectivity index (χ0n) is 10.5. The zero-order valence-corrected chi connectivity index (χ0v) is 10.5. The van der Waals surface area contributed by atoms with Crippen LogP contribution >= 0.6 is 0 Å². The Morgan fingerprint density at radius 3 is 2.78 bits per heavy atom. The molecule has 1 unspecified atom stereocenters. The van der Waals surface area contributed by atoms with E-state index in [1.807, 2.05) is 24.3 Å². The standard InChI is InChI=1S/C14H16N4/c1-17-8-9-18(11-13(17)6-7-15)14-5-3-2-4-12(14)10-16/h2-5,13H,6,8-9,11H2,1H3. The van der Waals surface area contributed by atoms with Gasteiger partial charge in [-0.2, -0.15) is 10.5 Å². The van der Waals surface area contributed by atoms with Gasteiger partial charge in [0, 0.05) is 25.7 Å². The second kappa shape index (κ2) is 5.53. The number of nitrogens with zero attached hydrogens (tertiary/aromatic N) is 4. The van der Waals surface area contributed by atoms with E-state index in [4.69, 9.17) is 10.5 Å². The highest BCUT2D eigenvalue weighted by atomic mass is 15.3. The quantitative estimate of drug-likeness (QED) is 0.787. The Hall–Kier alpha value is -2.04. The van der Waals surface area contributed by atoms with E-state index >= 15 is 0 Å². The van der Waals surface area contributed by atoms with Crippen LogP contribution in [0, 0.1) is 22.7 Å². The van der Waals surface area contributed by atoms with Gasteiger partial charge in [0.15, 0.2) is 0 Å². The van der Waals surface area contributed by atoms with Crippen LogP contribution in [-0.2, 0) is 0 Å². The number of anilines is 1. The lowest BCUT2D eigenvalue weighted by Gasteiger charge is -2.40. The minimum atomic E-state index is 0.246. The van der Waals surface area contributed by atoms with Crippen LogP contribution in [0.1, 0.15) is 12.0 Å². The van der Waals surface area contributed by atoms with Crippen molar-refractivity contribution in [3.8, 4) is 12.1 Å². The van der Waals surface area contributed by atoms with Gasteiger partial charge in [-0.3, -0.25) is 4.90 Å². The molecule has 4 heteroatoms. The molecule has 18 heavy (non-hydrogen) atoms. The smallest absolute Gasteiger partial charge is 0.101 e. The highest BCUT2D eigenvalue weighted by Gasteiger charge is 2.25. The van der Waals surface area contributed by atoms with E-state index in [0.717, 1.165) is 25.3 Å². The van der Waals surface area contributed by atoms with Crippen LogP contribution in [0.2, 0.25) is 0 Å². The average molecular weight is 240 g/mol. The summed E-state index contributed by atoms with van der Waals surface area (Å²) in [7, 11) is 2.05. The number of benzene rings is 1. The highest BCUT2D eigenvalue weighted by molar-refractivity contribution is 5.59. The van der Waals surface area contributed by atoms with E-state index < -0.39 is 0 Å². The lowest BCUT2D eigenvalue weighted by atomic mass is 10.1. The third-order valence-electron chi connectivity index (χ3n) is 3.47. The lowest BCUT2D eigenvalue weighted by molar-refractivity contribution is 0.221. The molecule has 0 amide bonds. The summed E-state index contributed by atoms with van der Waals surface area (Å²) >= 11 is 0. The number of para-hydroxylation sites is 1. The molecule has 1 atom stereocenters. The van der Waals surface area contributed by atoms with Crippen LogP contribution < -0.4 is 4.90 Å². The summed E-state index contributed by atoms with van der Waals surface area (Å²) in [6.45, 7) is 2.63. The van der Waals surface area contributed by atoms with Crippen molar-refractivity contribution in [2.75, 3.05) is 31.6 Å². The summed E-state index contributed by atoms with van der Waals surface area (Å²) in [5.74, 6) is 0. The molecule has 0 spiro atoms. The summed E-state index contributed by atoms with van der Waals surface area (Å²) in [6, 6.07) is 12.4. The Labute approximate surface area is 108 Å². The van der Waals surface area contributed by atoms with Crippen molar-refractivity contribution in [3.63, 3.8) is 0 Å². The third kappa shape index (κ3) is 2.45. The molecule has 1 heterocycles.